The van der Waals surface area contributed by atoms with Crippen molar-refractivity contribution in [3.8, 4) is 0 Å². The fourth-order valence-electron chi connectivity index (χ4n) is 3.24. The van der Waals surface area contributed by atoms with Crippen LogP contribution in [0.1, 0.15) is 23.8 Å². The molecule has 0 saturated carbocycles. The molecule has 0 nitrogen and oxygen atoms in total. The molecular weight excluding hydrogens is 260 g/mol. The van der Waals surface area contributed by atoms with E-state index < -0.39 is 0 Å². The summed E-state index contributed by atoms with van der Waals surface area (Å²) >= 11 is 1.90. The lowest BCUT2D eigenvalue weighted by atomic mass is 9.90. The fraction of sp³-hybridized carbons (Fsp3) is 0.158. The molecule has 0 amide bonds. The van der Waals surface area contributed by atoms with E-state index in [2.05, 4.69) is 67.6 Å². The zero-order valence-corrected chi connectivity index (χ0v) is 12.3. The Kier molecular flexibility index (Phi) is 2.75. The highest BCUT2D eigenvalue weighted by Crippen LogP contribution is 2.43. The highest BCUT2D eigenvalue weighted by atomic mass is 32.1. The summed E-state index contributed by atoms with van der Waals surface area (Å²) in [4.78, 5) is 1.40. The summed E-state index contributed by atoms with van der Waals surface area (Å²) in [5, 5.41) is 1.39. The van der Waals surface area contributed by atoms with Crippen molar-refractivity contribution >= 4 is 33.1 Å². The van der Waals surface area contributed by atoms with Crippen molar-refractivity contribution in [2.24, 2.45) is 5.92 Å². The van der Waals surface area contributed by atoms with Gasteiger partial charge < -0.3 is 0 Å². The largest absolute Gasteiger partial charge is 0.135 e. The van der Waals surface area contributed by atoms with E-state index >= 15 is 0 Å². The van der Waals surface area contributed by atoms with Crippen LogP contribution >= 0.6 is 11.3 Å². The highest BCUT2D eigenvalue weighted by molar-refractivity contribution is 7.20. The molecule has 1 heterocycles. The van der Waals surface area contributed by atoms with Crippen LogP contribution in [0.4, 0.5) is 0 Å². The van der Waals surface area contributed by atoms with Crippen LogP contribution in [0.2, 0.25) is 0 Å². The van der Waals surface area contributed by atoms with Gasteiger partial charge in [0.15, 0.2) is 0 Å². The third-order valence-corrected chi connectivity index (χ3v) is 5.30. The smallest absolute Gasteiger partial charge is 0.0358 e. The van der Waals surface area contributed by atoms with Gasteiger partial charge in [0, 0.05) is 26.4 Å². The maximum atomic E-state index is 2.35. The number of hydrogen-bond acceptors (Lipinski definition) is 1. The van der Waals surface area contributed by atoms with Gasteiger partial charge in [-0.1, -0.05) is 61.1 Å². The van der Waals surface area contributed by atoms with Gasteiger partial charge in [-0.3, -0.25) is 0 Å². The van der Waals surface area contributed by atoms with Gasteiger partial charge in [0.25, 0.3) is 0 Å². The Hall–Kier alpha value is -1.86. The van der Waals surface area contributed by atoms with Gasteiger partial charge in [-0.2, -0.15) is 0 Å². The van der Waals surface area contributed by atoms with E-state index in [0.29, 0.717) is 5.92 Å². The maximum absolute atomic E-state index is 2.35. The minimum absolute atomic E-state index is 0.448. The molecule has 1 aromatic heterocycles. The van der Waals surface area contributed by atoms with Crippen LogP contribution in [0.5, 0.6) is 0 Å². The Balaban J connectivity index is 2.11. The summed E-state index contributed by atoms with van der Waals surface area (Å²) in [5.41, 5.74) is 4.40. The molecule has 2 aromatic rings. The molecule has 0 aliphatic heterocycles. The second-order valence-corrected chi connectivity index (χ2v) is 6.34. The van der Waals surface area contributed by atoms with Crippen molar-refractivity contribution in [1.82, 2.24) is 0 Å². The SMILES string of the molecule is CCC1=C2C=CC=CC1C=Cc1sc3ccccc3c12. The lowest BCUT2D eigenvalue weighted by molar-refractivity contribution is 0.900. The number of thiophene rings is 1. The van der Waals surface area contributed by atoms with Gasteiger partial charge in [-0.15, -0.1) is 11.3 Å². The molecule has 2 bridgehead atoms. The second-order valence-electron chi connectivity index (χ2n) is 5.26. The number of benzene rings is 1. The quantitative estimate of drug-likeness (QED) is 0.614. The molecule has 1 heteroatoms. The Morgan fingerprint density at radius 3 is 2.85 bits per heavy atom. The van der Waals surface area contributed by atoms with Crippen LogP contribution in [0.15, 0.2) is 60.2 Å². The van der Waals surface area contributed by atoms with Crippen LogP contribution in [0.25, 0.3) is 21.7 Å². The minimum atomic E-state index is 0.448. The molecule has 0 saturated heterocycles. The van der Waals surface area contributed by atoms with Crippen LogP contribution in [-0.4, -0.2) is 0 Å². The molecule has 4 rings (SSSR count). The maximum Gasteiger partial charge on any atom is 0.0358 e. The summed E-state index contributed by atoms with van der Waals surface area (Å²) < 4.78 is 1.38. The van der Waals surface area contributed by atoms with Crippen molar-refractivity contribution in [3.05, 3.63) is 70.7 Å². The first-order chi connectivity index (χ1) is 9.88. The first-order valence-electron chi connectivity index (χ1n) is 7.16. The number of hydrogen-bond donors (Lipinski definition) is 0. The lowest BCUT2D eigenvalue weighted by Crippen LogP contribution is -1.97. The van der Waals surface area contributed by atoms with E-state index in [4.69, 9.17) is 0 Å². The van der Waals surface area contributed by atoms with Gasteiger partial charge >= 0.3 is 0 Å². The van der Waals surface area contributed by atoms with E-state index in [0.717, 1.165) is 6.42 Å². The predicted molar refractivity (Wildman–Crippen MR) is 89.8 cm³/mol. The van der Waals surface area contributed by atoms with Crippen molar-refractivity contribution in [1.29, 1.82) is 0 Å². The first kappa shape index (κ1) is 11.9. The minimum Gasteiger partial charge on any atom is -0.135 e. The van der Waals surface area contributed by atoms with Crippen LogP contribution in [-0.2, 0) is 0 Å². The van der Waals surface area contributed by atoms with Crippen LogP contribution in [0.3, 0.4) is 0 Å². The van der Waals surface area contributed by atoms with Gasteiger partial charge in [-0.25, -0.2) is 0 Å². The molecule has 2 aliphatic rings. The number of fused-ring (bicyclic) bond motifs is 5. The molecule has 1 unspecified atom stereocenters. The van der Waals surface area contributed by atoms with E-state index in [1.54, 1.807) is 0 Å². The summed E-state index contributed by atoms with van der Waals surface area (Å²) in [5.74, 6) is 0.448. The molecule has 98 valence electrons. The monoisotopic (exact) mass is 276 g/mol. The molecule has 1 aromatic carbocycles. The van der Waals surface area contributed by atoms with Crippen LogP contribution < -0.4 is 0 Å². The van der Waals surface area contributed by atoms with E-state index in [-0.39, 0.29) is 0 Å². The Bertz CT molecular complexity index is 796. The van der Waals surface area contributed by atoms with Gasteiger partial charge in [-0.05, 0) is 24.1 Å². The standard InChI is InChI=1S/C19H16S/c1-2-14-13-7-3-4-8-15(14)19-16-9-5-6-10-17(16)20-18(19)12-11-13/h3-13H,2H2,1H3. The molecule has 0 fully saturated rings. The molecule has 2 aliphatic carbocycles. The summed E-state index contributed by atoms with van der Waals surface area (Å²) in [6, 6.07) is 8.76. The molecule has 0 radical (unpaired) electrons. The fourth-order valence-corrected chi connectivity index (χ4v) is 4.37. The van der Waals surface area contributed by atoms with Crippen LogP contribution in [0, 0.1) is 5.92 Å². The van der Waals surface area contributed by atoms with E-state index in [1.165, 1.54) is 31.7 Å². The third-order valence-electron chi connectivity index (χ3n) is 4.17. The van der Waals surface area contributed by atoms with Gasteiger partial charge in [0.2, 0.25) is 0 Å². The lowest BCUT2D eigenvalue weighted by Gasteiger charge is -2.13. The Labute approximate surface area is 123 Å². The van der Waals surface area contributed by atoms with Gasteiger partial charge in [0.05, 0.1) is 0 Å². The Morgan fingerprint density at radius 1 is 1.05 bits per heavy atom. The molecule has 1 atom stereocenters. The first-order valence-corrected chi connectivity index (χ1v) is 7.98. The molecule has 0 N–H and O–H groups in total. The average Bonchev–Trinajstić information content (AvgIpc) is 2.63. The summed E-state index contributed by atoms with van der Waals surface area (Å²) in [6.07, 6.45) is 14.7. The second kappa shape index (κ2) is 4.60. The van der Waals surface area contributed by atoms with E-state index in [9.17, 15) is 0 Å². The summed E-state index contributed by atoms with van der Waals surface area (Å²) in [6.45, 7) is 2.27. The summed E-state index contributed by atoms with van der Waals surface area (Å²) in [7, 11) is 0. The Morgan fingerprint density at radius 2 is 1.95 bits per heavy atom. The molecular formula is C19H16S. The number of allylic oxidation sites excluding steroid dienone is 7. The predicted octanol–water partition coefficient (Wildman–Crippen LogP) is 5.83. The zero-order valence-electron chi connectivity index (χ0n) is 11.5. The zero-order chi connectivity index (χ0) is 13.5. The number of rotatable bonds is 1. The van der Waals surface area contributed by atoms with Crippen molar-refractivity contribution in [2.45, 2.75) is 13.3 Å². The normalized spacial score (nSPS) is 20.1. The third kappa shape index (κ3) is 1.66. The molecule has 20 heavy (non-hydrogen) atoms. The molecule has 0 spiro atoms. The van der Waals surface area contributed by atoms with Crippen molar-refractivity contribution in [2.75, 3.05) is 0 Å². The highest BCUT2D eigenvalue weighted by Gasteiger charge is 2.22. The average molecular weight is 276 g/mol. The van der Waals surface area contributed by atoms with E-state index in [1.807, 2.05) is 11.3 Å². The van der Waals surface area contributed by atoms with Gasteiger partial charge in [0.1, 0.15) is 0 Å². The van der Waals surface area contributed by atoms with Crippen molar-refractivity contribution < 1.29 is 0 Å². The van der Waals surface area contributed by atoms with Crippen molar-refractivity contribution in [3.63, 3.8) is 0 Å². The topological polar surface area (TPSA) is 0 Å².